The van der Waals surface area contributed by atoms with Crippen LogP contribution in [0.1, 0.15) is 23.6 Å². The van der Waals surface area contributed by atoms with Crippen molar-refractivity contribution in [2.45, 2.75) is 38.3 Å². The van der Waals surface area contributed by atoms with Gasteiger partial charge in [-0.25, -0.2) is 8.42 Å². The minimum atomic E-state index is -4.14. The number of halogens is 2. The molecule has 1 unspecified atom stereocenters. The van der Waals surface area contributed by atoms with Crippen LogP contribution in [-0.4, -0.2) is 44.8 Å². The molecule has 7 nitrogen and oxygen atoms in total. The molecule has 0 saturated heterocycles. The smallest absolute Gasteiger partial charge is 0.264 e. The Bertz CT molecular complexity index is 1380. The third-order valence-electron chi connectivity index (χ3n) is 6.01. The van der Waals surface area contributed by atoms with E-state index in [2.05, 4.69) is 21.2 Å². The maximum Gasteiger partial charge on any atom is 0.264 e. The highest BCUT2D eigenvalue weighted by molar-refractivity contribution is 9.10. The van der Waals surface area contributed by atoms with Gasteiger partial charge < -0.3 is 10.2 Å². The first-order chi connectivity index (χ1) is 17.4. The summed E-state index contributed by atoms with van der Waals surface area (Å²) in [5.41, 5.74) is 2.72. The average molecular weight is 607 g/mol. The lowest BCUT2D eigenvalue weighted by Gasteiger charge is -2.32. The van der Waals surface area contributed by atoms with Gasteiger partial charge >= 0.3 is 0 Å². The predicted octanol–water partition coefficient (Wildman–Crippen LogP) is 5.08. The lowest BCUT2D eigenvalue weighted by molar-refractivity contribution is -0.139. The molecule has 0 aliphatic heterocycles. The van der Waals surface area contributed by atoms with Gasteiger partial charge in [-0.2, -0.15) is 0 Å². The van der Waals surface area contributed by atoms with E-state index in [1.807, 2.05) is 31.2 Å². The van der Waals surface area contributed by atoms with Crippen LogP contribution in [-0.2, 0) is 26.2 Å². The quantitative estimate of drug-likeness (QED) is 0.368. The number of anilines is 1. The molecule has 1 atom stereocenters. The van der Waals surface area contributed by atoms with Crippen LogP contribution in [0.4, 0.5) is 5.69 Å². The largest absolute Gasteiger partial charge is 0.357 e. The number of rotatable bonds is 9. The molecular weight excluding hydrogens is 578 g/mol. The van der Waals surface area contributed by atoms with E-state index in [1.54, 1.807) is 38.1 Å². The van der Waals surface area contributed by atoms with Crippen LogP contribution >= 0.6 is 27.5 Å². The second-order valence-corrected chi connectivity index (χ2v) is 11.9. The fourth-order valence-corrected chi connectivity index (χ4v) is 5.53. The van der Waals surface area contributed by atoms with Gasteiger partial charge in [0.25, 0.3) is 10.0 Å². The van der Waals surface area contributed by atoms with Crippen molar-refractivity contribution in [2.75, 3.05) is 17.9 Å². The van der Waals surface area contributed by atoms with Crippen LogP contribution in [0.2, 0.25) is 5.02 Å². The van der Waals surface area contributed by atoms with Gasteiger partial charge in [0.15, 0.2) is 0 Å². The van der Waals surface area contributed by atoms with Crippen LogP contribution in [0.25, 0.3) is 0 Å². The van der Waals surface area contributed by atoms with Crippen LogP contribution < -0.4 is 9.62 Å². The molecule has 3 aromatic rings. The first kappa shape index (κ1) is 28.7. The molecule has 2 amide bonds. The third-order valence-corrected chi connectivity index (χ3v) is 8.74. The SMILES string of the molecule is CNC(=O)C(C)N(Cc1ccc(Br)cc1)C(=O)CN(c1ccc(C)c(Cl)c1)S(=O)(=O)c1ccc(C)cc1. The minimum absolute atomic E-state index is 0.0430. The Hall–Kier alpha value is -2.88. The highest BCUT2D eigenvalue weighted by Crippen LogP contribution is 2.29. The van der Waals surface area contributed by atoms with Crippen LogP contribution in [0.3, 0.4) is 0 Å². The highest BCUT2D eigenvalue weighted by atomic mass is 79.9. The molecule has 37 heavy (non-hydrogen) atoms. The van der Waals surface area contributed by atoms with Crippen LogP contribution in [0.5, 0.6) is 0 Å². The molecular formula is C27H29BrClN3O4S. The molecule has 0 fully saturated rings. The standard InChI is InChI=1S/C27H29BrClN3O4S/c1-18-5-13-24(14-6-18)37(35,36)32(23-12-7-19(2)25(29)15-23)17-26(33)31(20(3)27(34)30-4)16-21-8-10-22(28)11-9-21/h5-15,20H,16-17H2,1-4H3,(H,30,34). The van der Waals surface area contributed by atoms with E-state index in [-0.39, 0.29) is 23.0 Å². The second kappa shape index (κ2) is 12.1. The number of amides is 2. The summed E-state index contributed by atoms with van der Waals surface area (Å²) in [5, 5.41) is 2.94. The van der Waals surface area contributed by atoms with Crippen molar-refractivity contribution in [3.05, 3.63) is 92.9 Å². The first-order valence-electron chi connectivity index (χ1n) is 11.5. The predicted molar refractivity (Wildman–Crippen MR) is 150 cm³/mol. The second-order valence-electron chi connectivity index (χ2n) is 8.70. The number of nitrogens with zero attached hydrogens (tertiary/aromatic N) is 2. The summed E-state index contributed by atoms with van der Waals surface area (Å²) >= 11 is 9.72. The third kappa shape index (κ3) is 6.91. The maximum atomic E-state index is 13.8. The molecule has 1 N–H and O–H groups in total. The highest BCUT2D eigenvalue weighted by Gasteiger charge is 2.32. The number of hydrogen-bond acceptors (Lipinski definition) is 4. The van der Waals surface area contributed by atoms with Crippen molar-refractivity contribution in [2.24, 2.45) is 0 Å². The molecule has 0 saturated carbocycles. The Morgan fingerprint density at radius 2 is 1.62 bits per heavy atom. The molecule has 0 aliphatic carbocycles. The minimum Gasteiger partial charge on any atom is -0.357 e. The Kier molecular flexibility index (Phi) is 9.39. The Morgan fingerprint density at radius 1 is 1.00 bits per heavy atom. The fourth-order valence-electron chi connectivity index (χ4n) is 3.68. The normalized spacial score (nSPS) is 12.1. The molecule has 0 aliphatic rings. The number of benzene rings is 3. The summed E-state index contributed by atoms with van der Waals surface area (Å²) in [6, 6.07) is 17.7. The van der Waals surface area contributed by atoms with Crippen molar-refractivity contribution in [1.82, 2.24) is 10.2 Å². The number of nitrogens with one attached hydrogen (secondary N) is 1. The summed E-state index contributed by atoms with van der Waals surface area (Å²) < 4.78 is 29.5. The Morgan fingerprint density at radius 3 is 2.19 bits per heavy atom. The van der Waals surface area contributed by atoms with Crippen molar-refractivity contribution in [3.8, 4) is 0 Å². The average Bonchev–Trinajstić information content (AvgIpc) is 2.87. The van der Waals surface area contributed by atoms with Gasteiger partial charge in [-0.15, -0.1) is 0 Å². The van der Waals surface area contributed by atoms with Crippen molar-refractivity contribution in [1.29, 1.82) is 0 Å². The number of carbonyl (C=O) groups is 2. The zero-order valence-corrected chi connectivity index (χ0v) is 24.2. The molecule has 0 heterocycles. The zero-order chi connectivity index (χ0) is 27.3. The van der Waals surface area contributed by atoms with Gasteiger partial charge in [0, 0.05) is 23.1 Å². The number of sulfonamides is 1. The molecule has 0 spiro atoms. The van der Waals surface area contributed by atoms with E-state index >= 15 is 0 Å². The van der Waals surface area contributed by atoms with E-state index in [1.165, 1.54) is 30.1 Å². The molecule has 3 rings (SSSR count). The number of likely N-dealkylation sites (N-methyl/N-ethyl adjacent to an activating group) is 1. The van der Waals surface area contributed by atoms with Gasteiger partial charge in [-0.1, -0.05) is 63.4 Å². The first-order valence-corrected chi connectivity index (χ1v) is 14.2. The maximum absolute atomic E-state index is 13.8. The van der Waals surface area contributed by atoms with Crippen molar-refractivity contribution >= 4 is 55.1 Å². The molecule has 10 heteroatoms. The topological polar surface area (TPSA) is 86.8 Å². The monoisotopic (exact) mass is 605 g/mol. The van der Waals surface area contributed by atoms with Crippen LogP contribution in [0, 0.1) is 13.8 Å². The zero-order valence-electron chi connectivity index (χ0n) is 21.0. The van der Waals surface area contributed by atoms with E-state index < -0.39 is 28.5 Å². The molecule has 3 aromatic carbocycles. The fraction of sp³-hybridized carbons (Fsp3) is 0.259. The summed E-state index contributed by atoms with van der Waals surface area (Å²) in [4.78, 5) is 27.7. The lowest BCUT2D eigenvalue weighted by Crippen LogP contribution is -2.50. The van der Waals surface area contributed by atoms with Gasteiger partial charge in [-0.05, 0) is 68.3 Å². The number of aryl methyl sites for hydroxylation is 2. The van der Waals surface area contributed by atoms with Gasteiger partial charge in [0.2, 0.25) is 11.8 Å². The summed E-state index contributed by atoms with van der Waals surface area (Å²) in [7, 11) is -2.65. The Balaban J connectivity index is 2.05. The van der Waals surface area contributed by atoms with Gasteiger partial charge in [0.1, 0.15) is 12.6 Å². The number of hydrogen-bond donors (Lipinski definition) is 1. The lowest BCUT2D eigenvalue weighted by atomic mass is 10.1. The van der Waals surface area contributed by atoms with Gasteiger partial charge in [-0.3, -0.25) is 13.9 Å². The van der Waals surface area contributed by atoms with Crippen molar-refractivity contribution in [3.63, 3.8) is 0 Å². The molecule has 0 radical (unpaired) electrons. The van der Waals surface area contributed by atoms with E-state index in [9.17, 15) is 18.0 Å². The van der Waals surface area contributed by atoms with Crippen LogP contribution in [0.15, 0.2) is 76.1 Å². The van der Waals surface area contributed by atoms with E-state index in [0.29, 0.717) is 5.02 Å². The van der Waals surface area contributed by atoms with E-state index in [0.717, 1.165) is 25.5 Å². The van der Waals surface area contributed by atoms with E-state index in [4.69, 9.17) is 11.6 Å². The summed E-state index contributed by atoms with van der Waals surface area (Å²) in [6.07, 6.45) is 0. The van der Waals surface area contributed by atoms with Gasteiger partial charge in [0.05, 0.1) is 10.6 Å². The van der Waals surface area contributed by atoms with Crippen molar-refractivity contribution < 1.29 is 18.0 Å². The Labute approximate surface area is 231 Å². The molecule has 196 valence electrons. The summed E-state index contributed by atoms with van der Waals surface area (Å²) in [5.74, 6) is -0.900. The summed E-state index contributed by atoms with van der Waals surface area (Å²) in [6.45, 7) is 4.87. The molecule has 0 aromatic heterocycles. The molecule has 0 bridgehead atoms. The number of carbonyl (C=O) groups excluding carboxylic acids is 2.